The summed E-state index contributed by atoms with van der Waals surface area (Å²) in [4.78, 5) is 39.6. The SMILES string of the molecule is CCN(CC(=O)O)C1CCN(CC(=O)NC(=O)NCc2cccs2)CC1. The molecule has 2 heterocycles. The van der Waals surface area contributed by atoms with E-state index in [0.717, 1.165) is 17.7 Å². The van der Waals surface area contributed by atoms with Crippen molar-refractivity contribution in [3.05, 3.63) is 22.4 Å². The summed E-state index contributed by atoms with van der Waals surface area (Å²) >= 11 is 1.54. The van der Waals surface area contributed by atoms with Gasteiger partial charge in [-0.15, -0.1) is 11.3 Å². The van der Waals surface area contributed by atoms with Gasteiger partial charge < -0.3 is 10.4 Å². The summed E-state index contributed by atoms with van der Waals surface area (Å²) in [6, 6.07) is 3.56. The number of amides is 3. The molecule has 0 saturated carbocycles. The van der Waals surface area contributed by atoms with Crippen molar-refractivity contribution in [2.24, 2.45) is 0 Å². The second-order valence-electron chi connectivity index (χ2n) is 6.27. The minimum absolute atomic E-state index is 0.0477. The van der Waals surface area contributed by atoms with Crippen LogP contribution in [0.15, 0.2) is 17.5 Å². The first-order valence-electron chi connectivity index (χ1n) is 8.76. The van der Waals surface area contributed by atoms with Gasteiger partial charge in [-0.3, -0.25) is 24.7 Å². The van der Waals surface area contributed by atoms with Crippen molar-refractivity contribution in [1.29, 1.82) is 0 Å². The number of piperidine rings is 1. The number of carbonyl (C=O) groups is 3. The fraction of sp³-hybridized carbons (Fsp3) is 0.588. The van der Waals surface area contributed by atoms with Crippen LogP contribution in [0.1, 0.15) is 24.6 Å². The van der Waals surface area contributed by atoms with Gasteiger partial charge in [-0.1, -0.05) is 13.0 Å². The number of rotatable bonds is 8. The lowest BCUT2D eigenvalue weighted by Gasteiger charge is -2.37. The molecule has 3 amide bonds. The first kappa shape index (κ1) is 20.3. The molecule has 144 valence electrons. The van der Waals surface area contributed by atoms with Crippen LogP contribution in [0.25, 0.3) is 0 Å². The normalized spacial score (nSPS) is 15.8. The standard InChI is InChI=1S/C17H26N4O4S/c1-2-21(12-16(23)24)13-5-7-20(8-6-13)11-15(22)19-17(25)18-10-14-4-3-9-26-14/h3-4,9,13H,2,5-8,10-12H2,1H3,(H,23,24)(H2,18,19,22,25). The molecular formula is C17H26N4O4S. The molecule has 0 aliphatic carbocycles. The molecule has 9 heteroatoms. The van der Waals surface area contributed by atoms with Crippen LogP contribution in [0.5, 0.6) is 0 Å². The van der Waals surface area contributed by atoms with Crippen LogP contribution in [-0.2, 0) is 16.1 Å². The number of nitrogens with one attached hydrogen (secondary N) is 2. The predicted octanol–water partition coefficient (Wildman–Crippen LogP) is 0.945. The molecule has 1 aliphatic heterocycles. The summed E-state index contributed by atoms with van der Waals surface area (Å²) in [6.45, 7) is 4.70. The van der Waals surface area contributed by atoms with Gasteiger partial charge in [-0.2, -0.15) is 0 Å². The predicted molar refractivity (Wildman–Crippen MR) is 99.0 cm³/mol. The Kier molecular flexibility index (Phi) is 8.02. The Morgan fingerprint density at radius 1 is 1.35 bits per heavy atom. The van der Waals surface area contributed by atoms with Crippen LogP contribution in [-0.4, -0.2) is 71.6 Å². The number of nitrogens with zero attached hydrogens (tertiary/aromatic N) is 2. The molecule has 3 N–H and O–H groups in total. The van der Waals surface area contributed by atoms with Crippen LogP contribution >= 0.6 is 11.3 Å². The number of imide groups is 1. The first-order valence-corrected chi connectivity index (χ1v) is 9.64. The van der Waals surface area contributed by atoms with Gasteiger partial charge in [0.05, 0.1) is 19.6 Å². The van der Waals surface area contributed by atoms with Crippen LogP contribution < -0.4 is 10.6 Å². The highest BCUT2D eigenvalue weighted by atomic mass is 32.1. The topological polar surface area (TPSA) is 102 Å². The van der Waals surface area contributed by atoms with Crippen LogP contribution in [0.4, 0.5) is 4.79 Å². The van der Waals surface area contributed by atoms with E-state index in [-0.39, 0.29) is 25.0 Å². The Morgan fingerprint density at radius 2 is 2.08 bits per heavy atom. The van der Waals surface area contributed by atoms with Crippen LogP contribution in [0, 0.1) is 0 Å². The maximum absolute atomic E-state index is 12.0. The molecule has 0 aromatic carbocycles. The Hall–Kier alpha value is -1.97. The maximum Gasteiger partial charge on any atom is 0.321 e. The quantitative estimate of drug-likeness (QED) is 0.619. The molecule has 0 atom stereocenters. The molecule has 1 saturated heterocycles. The van der Waals surface area contributed by atoms with Crippen LogP contribution in [0.3, 0.4) is 0 Å². The summed E-state index contributed by atoms with van der Waals surface area (Å²) in [6.07, 6.45) is 1.64. The van der Waals surface area contributed by atoms with E-state index in [4.69, 9.17) is 5.11 Å². The smallest absolute Gasteiger partial charge is 0.321 e. The average molecular weight is 382 g/mol. The molecule has 0 unspecified atom stereocenters. The van der Waals surface area contributed by atoms with E-state index in [1.807, 2.05) is 34.2 Å². The average Bonchev–Trinajstić information content (AvgIpc) is 3.12. The Bertz CT molecular complexity index is 600. The van der Waals surface area contributed by atoms with E-state index in [1.165, 1.54) is 0 Å². The van der Waals surface area contributed by atoms with Gasteiger partial charge in [0.15, 0.2) is 0 Å². The monoisotopic (exact) mass is 382 g/mol. The maximum atomic E-state index is 12.0. The number of carbonyl (C=O) groups excluding carboxylic acids is 2. The molecule has 1 fully saturated rings. The third-order valence-corrected chi connectivity index (χ3v) is 5.32. The molecule has 26 heavy (non-hydrogen) atoms. The third kappa shape index (κ3) is 6.74. The van der Waals surface area contributed by atoms with Crippen molar-refractivity contribution in [2.75, 3.05) is 32.7 Å². The molecule has 0 spiro atoms. The zero-order valence-corrected chi connectivity index (χ0v) is 15.8. The lowest BCUT2D eigenvalue weighted by atomic mass is 10.0. The van der Waals surface area contributed by atoms with E-state index in [0.29, 0.717) is 26.2 Å². The molecular weight excluding hydrogens is 356 g/mol. The van der Waals surface area contributed by atoms with E-state index >= 15 is 0 Å². The van der Waals surface area contributed by atoms with Crippen molar-refractivity contribution in [2.45, 2.75) is 32.4 Å². The minimum Gasteiger partial charge on any atom is -0.480 e. The zero-order valence-electron chi connectivity index (χ0n) is 14.9. The second kappa shape index (κ2) is 10.2. The number of carboxylic acid groups (broad SMARTS) is 1. The zero-order chi connectivity index (χ0) is 18.9. The van der Waals surface area contributed by atoms with Gasteiger partial charge in [0, 0.05) is 24.0 Å². The van der Waals surface area contributed by atoms with Crippen molar-refractivity contribution >= 4 is 29.2 Å². The fourth-order valence-corrected chi connectivity index (χ4v) is 3.75. The highest BCUT2D eigenvalue weighted by Gasteiger charge is 2.26. The van der Waals surface area contributed by atoms with Crippen molar-refractivity contribution in [3.63, 3.8) is 0 Å². The summed E-state index contributed by atoms with van der Waals surface area (Å²) in [7, 11) is 0. The Balaban J connectivity index is 1.67. The van der Waals surface area contributed by atoms with Gasteiger partial charge in [0.1, 0.15) is 0 Å². The highest BCUT2D eigenvalue weighted by Crippen LogP contribution is 2.16. The Labute approximate surface area is 157 Å². The van der Waals surface area contributed by atoms with E-state index in [9.17, 15) is 14.4 Å². The lowest BCUT2D eigenvalue weighted by molar-refractivity contribution is -0.139. The van der Waals surface area contributed by atoms with Crippen molar-refractivity contribution in [3.8, 4) is 0 Å². The van der Waals surface area contributed by atoms with Crippen molar-refractivity contribution in [1.82, 2.24) is 20.4 Å². The molecule has 1 aromatic rings. The minimum atomic E-state index is -0.817. The molecule has 0 bridgehead atoms. The summed E-state index contributed by atoms with van der Waals surface area (Å²) in [5, 5.41) is 15.9. The van der Waals surface area contributed by atoms with E-state index in [2.05, 4.69) is 10.6 Å². The summed E-state index contributed by atoms with van der Waals surface area (Å²) < 4.78 is 0. The Morgan fingerprint density at radius 3 is 2.65 bits per heavy atom. The molecule has 8 nitrogen and oxygen atoms in total. The molecule has 0 radical (unpaired) electrons. The van der Waals surface area contributed by atoms with Gasteiger partial charge in [-0.05, 0) is 30.8 Å². The highest BCUT2D eigenvalue weighted by molar-refractivity contribution is 7.09. The summed E-state index contributed by atoms with van der Waals surface area (Å²) in [5.41, 5.74) is 0. The number of likely N-dealkylation sites (N-methyl/N-ethyl adjacent to an activating group) is 1. The number of aliphatic carboxylic acids is 1. The van der Waals surface area contributed by atoms with Gasteiger partial charge >= 0.3 is 12.0 Å². The first-order chi connectivity index (χ1) is 12.5. The lowest BCUT2D eigenvalue weighted by Crippen LogP contribution is -2.50. The number of hydrogen-bond acceptors (Lipinski definition) is 6. The fourth-order valence-electron chi connectivity index (χ4n) is 3.11. The van der Waals surface area contributed by atoms with E-state index in [1.54, 1.807) is 11.3 Å². The number of hydrogen-bond donors (Lipinski definition) is 3. The van der Waals surface area contributed by atoms with Crippen molar-refractivity contribution < 1.29 is 19.5 Å². The van der Waals surface area contributed by atoms with E-state index < -0.39 is 12.0 Å². The third-order valence-electron chi connectivity index (χ3n) is 4.44. The number of carboxylic acids is 1. The van der Waals surface area contributed by atoms with Crippen LogP contribution in [0.2, 0.25) is 0 Å². The van der Waals surface area contributed by atoms with Gasteiger partial charge in [0.25, 0.3) is 0 Å². The molecule has 2 rings (SSSR count). The molecule has 1 aromatic heterocycles. The number of urea groups is 1. The number of thiophene rings is 1. The second-order valence-corrected chi connectivity index (χ2v) is 7.31. The van der Waals surface area contributed by atoms with Gasteiger partial charge in [0.2, 0.25) is 5.91 Å². The number of likely N-dealkylation sites (tertiary alicyclic amines) is 1. The largest absolute Gasteiger partial charge is 0.480 e. The molecule has 1 aliphatic rings. The van der Waals surface area contributed by atoms with Gasteiger partial charge in [-0.25, -0.2) is 4.79 Å². The summed E-state index contributed by atoms with van der Waals surface area (Å²) in [5.74, 6) is -1.15.